The maximum absolute atomic E-state index is 12.0. The second kappa shape index (κ2) is 3.00. The molecule has 4 fully saturated rings. The second-order valence-corrected chi connectivity index (χ2v) is 7.57. The Bertz CT molecular complexity index is 383. The van der Waals surface area contributed by atoms with E-state index in [4.69, 9.17) is 0 Å². The smallest absolute Gasteiger partial charge is 0.199 e. The van der Waals surface area contributed by atoms with Crippen molar-refractivity contribution in [1.29, 1.82) is 0 Å². The standard InChI is InChI=1S/C14H21NO2/c1-12-5-13(2)8-15(7-12)9-14(3,6-12)11(13)10(17)4-16/h4,11H,5-9H2,1-3H3. The highest BCUT2D eigenvalue weighted by molar-refractivity contribution is 6.26. The molecule has 0 aromatic carbocycles. The van der Waals surface area contributed by atoms with Gasteiger partial charge >= 0.3 is 0 Å². The molecule has 0 N–H and O–H groups in total. The van der Waals surface area contributed by atoms with Crippen LogP contribution in [0.25, 0.3) is 0 Å². The third kappa shape index (κ3) is 1.38. The molecule has 3 saturated heterocycles. The van der Waals surface area contributed by atoms with E-state index in [1.807, 2.05) is 0 Å². The van der Waals surface area contributed by atoms with E-state index in [1.54, 1.807) is 0 Å². The van der Waals surface area contributed by atoms with Gasteiger partial charge in [-0.2, -0.15) is 0 Å². The first-order chi connectivity index (χ1) is 7.80. The van der Waals surface area contributed by atoms with Crippen molar-refractivity contribution in [1.82, 2.24) is 4.90 Å². The fourth-order valence-corrected chi connectivity index (χ4v) is 5.95. The van der Waals surface area contributed by atoms with Gasteiger partial charge in [-0.3, -0.25) is 9.59 Å². The summed E-state index contributed by atoms with van der Waals surface area (Å²) < 4.78 is 0. The van der Waals surface area contributed by atoms with Crippen LogP contribution in [0.3, 0.4) is 0 Å². The number of carbonyl (C=O) groups is 2. The molecule has 3 nitrogen and oxygen atoms in total. The Hall–Kier alpha value is -0.700. The van der Waals surface area contributed by atoms with Crippen molar-refractivity contribution in [2.45, 2.75) is 33.6 Å². The Kier molecular flexibility index (Phi) is 2.01. The Morgan fingerprint density at radius 1 is 1.12 bits per heavy atom. The van der Waals surface area contributed by atoms with E-state index in [1.165, 1.54) is 6.54 Å². The summed E-state index contributed by atoms with van der Waals surface area (Å²) in [4.78, 5) is 25.5. The minimum absolute atomic E-state index is 0.0102. The van der Waals surface area contributed by atoms with Gasteiger partial charge in [0.15, 0.2) is 12.1 Å². The van der Waals surface area contributed by atoms with Crippen LogP contribution in [0.1, 0.15) is 33.6 Å². The van der Waals surface area contributed by atoms with Gasteiger partial charge in [0.2, 0.25) is 0 Å². The molecule has 0 aromatic heterocycles. The molecule has 2 atom stereocenters. The van der Waals surface area contributed by atoms with Crippen molar-refractivity contribution in [3.63, 3.8) is 0 Å². The quantitative estimate of drug-likeness (QED) is 0.538. The normalized spacial score (nSPS) is 55.9. The van der Waals surface area contributed by atoms with Gasteiger partial charge in [0.1, 0.15) is 0 Å². The number of rotatable bonds is 2. The van der Waals surface area contributed by atoms with Crippen molar-refractivity contribution >= 4 is 12.1 Å². The van der Waals surface area contributed by atoms with Crippen LogP contribution < -0.4 is 0 Å². The molecule has 3 heteroatoms. The molecular weight excluding hydrogens is 214 g/mol. The van der Waals surface area contributed by atoms with Crippen molar-refractivity contribution in [3.05, 3.63) is 0 Å². The van der Waals surface area contributed by atoms with Crippen molar-refractivity contribution in [2.24, 2.45) is 22.2 Å². The molecule has 4 rings (SSSR count). The van der Waals surface area contributed by atoms with E-state index in [0.29, 0.717) is 11.7 Å². The number of ketones is 1. The van der Waals surface area contributed by atoms with Gasteiger partial charge in [0.25, 0.3) is 0 Å². The minimum atomic E-state index is -0.168. The number of Topliss-reactive ketones (excluding diaryl/α,β-unsaturated/α-hetero) is 1. The van der Waals surface area contributed by atoms with Crippen LogP contribution in [-0.4, -0.2) is 36.6 Å². The fraction of sp³-hybridized carbons (Fsp3) is 0.857. The topological polar surface area (TPSA) is 37.4 Å². The average Bonchev–Trinajstić information content (AvgIpc) is 2.10. The summed E-state index contributed by atoms with van der Waals surface area (Å²) in [5, 5.41) is 0. The lowest BCUT2D eigenvalue weighted by Gasteiger charge is -2.68. The van der Waals surface area contributed by atoms with Crippen LogP contribution in [0, 0.1) is 22.2 Å². The summed E-state index contributed by atoms with van der Waals surface area (Å²) in [6.45, 7) is 9.90. The van der Waals surface area contributed by atoms with Gasteiger partial charge in [0.05, 0.1) is 0 Å². The summed E-state index contributed by atoms with van der Waals surface area (Å²) in [5.74, 6) is -0.226. The van der Waals surface area contributed by atoms with Crippen molar-refractivity contribution < 1.29 is 9.59 Å². The predicted molar refractivity (Wildman–Crippen MR) is 64.6 cm³/mol. The number of hydrogen-bond donors (Lipinski definition) is 0. The van der Waals surface area contributed by atoms with Gasteiger partial charge in [-0.1, -0.05) is 20.8 Å². The Labute approximate surface area is 103 Å². The van der Waals surface area contributed by atoms with Gasteiger partial charge < -0.3 is 4.90 Å². The lowest BCUT2D eigenvalue weighted by Crippen LogP contribution is -2.71. The van der Waals surface area contributed by atoms with Gasteiger partial charge in [-0.05, 0) is 29.1 Å². The first-order valence-corrected chi connectivity index (χ1v) is 6.52. The van der Waals surface area contributed by atoms with E-state index in [9.17, 15) is 9.59 Å². The Balaban J connectivity index is 2.08. The number of hydrogen-bond acceptors (Lipinski definition) is 3. The molecule has 0 spiro atoms. The third-order valence-electron chi connectivity index (χ3n) is 5.23. The SMILES string of the molecule is CC12CN3CC(C)(C1)C(C(=O)C=O)C(C)(C3)C2. The summed E-state index contributed by atoms with van der Waals surface area (Å²) >= 11 is 0. The minimum Gasteiger partial charge on any atom is -0.302 e. The Morgan fingerprint density at radius 3 is 2.06 bits per heavy atom. The first kappa shape index (κ1) is 11.4. The van der Waals surface area contributed by atoms with Crippen LogP contribution in [0.15, 0.2) is 0 Å². The van der Waals surface area contributed by atoms with Crippen LogP contribution in [0.4, 0.5) is 0 Å². The molecule has 1 saturated carbocycles. The number of aldehydes is 1. The fourth-order valence-electron chi connectivity index (χ4n) is 5.95. The molecule has 2 unspecified atom stereocenters. The Morgan fingerprint density at radius 2 is 1.65 bits per heavy atom. The predicted octanol–water partition coefficient (Wildman–Crippen LogP) is 1.51. The van der Waals surface area contributed by atoms with Crippen LogP contribution in [0.5, 0.6) is 0 Å². The lowest BCUT2D eigenvalue weighted by molar-refractivity contribution is -0.200. The zero-order valence-corrected chi connectivity index (χ0v) is 11.0. The maximum atomic E-state index is 12.0. The van der Waals surface area contributed by atoms with Crippen LogP contribution in [0.2, 0.25) is 0 Å². The molecule has 17 heavy (non-hydrogen) atoms. The first-order valence-electron chi connectivity index (χ1n) is 6.52. The molecule has 0 amide bonds. The molecule has 3 heterocycles. The second-order valence-electron chi connectivity index (χ2n) is 7.57. The van der Waals surface area contributed by atoms with Crippen molar-refractivity contribution in [3.8, 4) is 0 Å². The molecule has 0 radical (unpaired) electrons. The molecule has 1 aliphatic carbocycles. The molecule has 4 bridgehead atoms. The van der Waals surface area contributed by atoms with Gasteiger partial charge in [-0.25, -0.2) is 0 Å². The molecule has 4 aliphatic rings. The maximum Gasteiger partial charge on any atom is 0.199 e. The van der Waals surface area contributed by atoms with Crippen LogP contribution >= 0.6 is 0 Å². The zero-order valence-electron chi connectivity index (χ0n) is 11.0. The molecule has 0 aromatic rings. The highest BCUT2D eigenvalue weighted by Gasteiger charge is 2.65. The van der Waals surface area contributed by atoms with E-state index in [-0.39, 0.29) is 22.5 Å². The van der Waals surface area contributed by atoms with E-state index < -0.39 is 0 Å². The third-order valence-corrected chi connectivity index (χ3v) is 5.23. The van der Waals surface area contributed by atoms with E-state index in [0.717, 1.165) is 25.9 Å². The lowest BCUT2D eigenvalue weighted by atomic mass is 9.43. The average molecular weight is 235 g/mol. The number of piperidine rings is 3. The zero-order chi connectivity index (χ0) is 12.5. The summed E-state index contributed by atoms with van der Waals surface area (Å²) in [5.41, 5.74) is 0.367. The van der Waals surface area contributed by atoms with E-state index >= 15 is 0 Å². The number of carbonyl (C=O) groups excluding carboxylic acids is 2. The summed E-state index contributed by atoms with van der Waals surface area (Å²) in [6.07, 6.45) is 2.74. The van der Waals surface area contributed by atoms with E-state index in [2.05, 4.69) is 25.7 Å². The largest absolute Gasteiger partial charge is 0.302 e. The van der Waals surface area contributed by atoms with Gasteiger partial charge in [-0.15, -0.1) is 0 Å². The molecule has 3 aliphatic heterocycles. The number of nitrogens with zero attached hydrogens (tertiary/aromatic N) is 1. The highest BCUT2D eigenvalue weighted by Crippen LogP contribution is 2.64. The van der Waals surface area contributed by atoms with Crippen LogP contribution in [-0.2, 0) is 9.59 Å². The van der Waals surface area contributed by atoms with Crippen molar-refractivity contribution in [2.75, 3.05) is 19.6 Å². The highest BCUT2D eigenvalue weighted by atomic mass is 16.2. The molecule has 94 valence electrons. The summed E-state index contributed by atoms with van der Waals surface area (Å²) in [6, 6.07) is 0. The monoisotopic (exact) mass is 235 g/mol. The van der Waals surface area contributed by atoms with Gasteiger partial charge in [0, 0.05) is 25.6 Å². The summed E-state index contributed by atoms with van der Waals surface area (Å²) in [7, 11) is 0. The molecular formula is C14H21NO2.